The topological polar surface area (TPSA) is 137 Å². The van der Waals surface area contributed by atoms with Crippen LogP contribution in [-0.4, -0.2) is 63.8 Å². The third-order valence-corrected chi connectivity index (χ3v) is 7.52. The van der Waals surface area contributed by atoms with Gasteiger partial charge in [0, 0.05) is 12.2 Å². The summed E-state index contributed by atoms with van der Waals surface area (Å²) in [4.78, 5) is 27.0. The maximum Gasteiger partial charge on any atom is 0.408 e. The first-order valence-corrected chi connectivity index (χ1v) is 13.7. The smallest absolute Gasteiger partial charge is 0.339 e. The molecular formula is C25H32F4N10O2. The highest BCUT2D eigenvalue weighted by atomic mass is 19.4. The quantitative estimate of drug-likeness (QED) is 0.313. The molecule has 2 amide bonds. The number of hydrogen-bond donors (Lipinski definition) is 2. The van der Waals surface area contributed by atoms with Crippen LogP contribution in [0, 0.1) is 23.7 Å². The summed E-state index contributed by atoms with van der Waals surface area (Å²) in [5.74, 6) is -1.78. The average Bonchev–Trinajstić information content (AvgIpc) is 3.79. The van der Waals surface area contributed by atoms with Crippen molar-refractivity contribution in [3.05, 3.63) is 35.9 Å². The lowest BCUT2D eigenvalue weighted by molar-refractivity contribution is -0.143. The van der Waals surface area contributed by atoms with Gasteiger partial charge in [0.25, 0.3) is 11.9 Å². The highest BCUT2D eigenvalue weighted by Crippen LogP contribution is 2.51. The molecule has 12 nitrogen and oxygen atoms in total. The van der Waals surface area contributed by atoms with Crippen LogP contribution in [0.15, 0.2) is 18.5 Å². The first-order valence-electron chi connectivity index (χ1n) is 13.7. The van der Waals surface area contributed by atoms with E-state index in [2.05, 4.69) is 36.4 Å². The summed E-state index contributed by atoms with van der Waals surface area (Å²) in [6.07, 6.45) is 2.13. The van der Waals surface area contributed by atoms with Crippen molar-refractivity contribution in [3.63, 3.8) is 0 Å². The lowest BCUT2D eigenvalue weighted by Gasteiger charge is -2.27. The van der Waals surface area contributed by atoms with Gasteiger partial charge < -0.3 is 10.6 Å². The molecule has 1 unspecified atom stereocenters. The van der Waals surface area contributed by atoms with Gasteiger partial charge in [0.2, 0.25) is 5.91 Å². The van der Waals surface area contributed by atoms with Gasteiger partial charge in [-0.05, 0) is 80.2 Å². The number of rotatable bonds is 12. The molecule has 2 saturated carbocycles. The number of nitrogens with zero attached hydrogens (tertiary/aromatic N) is 8. The zero-order valence-electron chi connectivity index (χ0n) is 22.8. The van der Waals surface area contributed by atoms with Crippen LogP contribution in [-0.2, 0) is 11.3 Å². The van der Waals surface area contributed by atoms with Crippen molar-refractivity contribution in [2.24, 2.45) is 17.8 Å². The zero-order valence-corrected chi connectivity index (χ0v) is 22.8. The van der Waals surface area contributed by atoms with Gasteiger partial charge in [-0.3, -0.25) is 19.0 Å². The second-order valence-electron chi connectivity index (χ2n) is 11.0. The van der Waals surface area contributed by atoms with Crippen molar-refractivity contribution in [2.45, 2.75) is 83.7 Å². The number of aromatic nitrogens is 8. The zero-order chi connectivity index (χ0) is 29.5. The molecule has 16 heteroatoms. The van der Waals surface area contributed by atoms with Gasteiger partial charge in [-0.2, -0.15) is 22.7 Å². The number of carbonyl (C=O) groups is 2. The van der Waals surface area contributed by atoms with Crippen LogP contribution >= 0.6 is 0 Å². The molecule has 5 rings (SSSR count). The summed E-state index contributed by atoms with van der Waals surface area (Å²) in [5, 5.41) is 23.9. The van der Waals surface area contributed by atoms with Crippen LogP contribution in [0.25, 0.3) is 0 Å². The molecule has 2 atom stereocenters. The van der Waals surface area contributed by atoms with Crippen molar-refractivity contribution in [1.29, 1.82) is 0 Å². The molecule has 0 spiro atoms. The van der Waals surface area contributed by atoms with Crippen LogP contribution in [0.1, 0.15) is 81.3 Å². The normalized spacial score (nSPS) is 17.2. The number of amides is 2. The molecule has 0 radical (unpaired) electrons. The van der Waals surface area contributed by atoms with Crippen molar-refractivity contribution < 1.29 is 27.2 Å². The molecule has 2 N–H and O–H groups in total. The Bertz CT molecular complexity index is 1380. The average molecular weight is 581 g/mol. The fourth-order valence-electron chi connectivity index (χ4n) is 5.39. The first kappa shape index (κ1) is 28.7. The SMILES string of the molecule is CCC(c1nnnn1CC(F)(F)F)n1cc(NC(=O)[C@@H](NC(=O)c2ccnn2C(C)C)C(C2CC2)C2CC2)c(F)n1. The highest BCUT2D eigenvalue weighted by molar-refractivity contribution is 6.00. The summed E-state index contributed by atoms with van der Waals surface area (Å²) in [6.45, 7) is 4.02. The number of alkyl halides is 3. The number of hydrogen-bond acceptors (Lipinski definition) is 7. The van der Waals surface area contributed by atoms with E-state index < -0.39 is 42.6 Å². The summed E-state index contributed by atoms with van der Waals surface area (Å²) in [6, 6.07) is -0.356. The predicted octanol–water partition coefficient (Wildman–Crippen LogP) is 3.52. The Morgan fingerprint density at radius 1 is 1.15 bits per heavy atom. The van der Waals surface area contributed by atoms with E-state index in [9.17, 15) is 22.8 Å². The molecule has 222 valence electrons. The Morgan fingerprint density at radius 3 is 2.41 bits per heavy atom. The fourth-order valence-corrected chi connectivity index (χ4v) is 5.39. The van der Waals surface area contributed by atoms with Crippen LogP contribution in [0.2, 0.25) is 0 Å². The number of anilines is 1. The molecule has 0 aromatic carbocycles. The Morgan fingerprint density at radius 2 is 1.83 bits per heavy atom. The Kier molecular flexibility index (Phi) is 7.83. The maximum atomic E-state index is 15.0. The Balaban J connectivity index is 1.38. The number of carbonyl (C=O) groups excluding carboxylic acids is 2. The molecule has 3 aromatic rings. The molecule has 3 heterocycles. The van der Waals surface area contributed by atoms with Crippen molar-refractivity contribution in [3.8, 4) is 0 Å². The minimum atomic E-state index is -4.57. The lowest BCUT2D eigenvalue weighted by Crippen LogP contribution is -2.50. The summed E-state index contributed by atoms with van der Waals surface area (Å²) >= 11 is 0. The van der Waals surface area contributed by atoms with Gasteiger partial charge in [0.05, 0.1) is 6.20 Å². The number of halogens is 4. The summed E-state index contributed by atoms with van der Waals surface area (Å²) in [7, 11) is 0. The molecule has 0 aliphatic heterocycles. The largest absolute Gasteiger partial charge is 0.408 e. The van der Waals surface area contributed by atoms with Gasteiger partial charge in [-0.15, -0.1) is 10.2 Å². The van der Waals surface area contributed by atoms with E-state index in [1.54, 1.807) is 17.7 Å². The summed E-state index contributed by atoms with van der Waals surface area (Å²) in [5.41, 5.74) is 0.0459. The van der Waals surface area contributed by atoms with Gasteiger partial charge in [0.15, 0.2) is 5.82 Å². The third kappa shape index (κ3) is 6.40. The van der Waals surface area contributed by atoms with Crippen LogP contribution in [0.4, 0.5) is 23.2 Å². The second-order valence-corrected chi connectivity index (χ2v) is 11.0. The van der Waals surface area contributed by atoms with Crippen molar-refractivity contribution >= 4 is 17.5 Å². The molecule has 0 saturated heterocycles. The van der Waals surface area contributed by atoms with E-state index >= 15 is 4.39 Å². The van der Waals surface area contributed by atoms with E-state index in [0.29, 0.717) is 10.4 Å². The maximum absolute atomic E-state index is 15.0. The first-order chi connectivity index (χ1) is 19.5. The molecule has 3 aromatic heterocycles. The summed E-state index contributed by atoms with van der Waals surface area (Å²) < 4.78 is 57.3. The molecular weight excluding hydrogens is 548 g/mol. The van der Waals surface area contributed by atoms with Gasteiger partial charge >= 0.3 is 6.18 Å². The third-order valence-electron chi connectivity index (χ3n) is 7.52. The van der Waals surface area contributed by atoms with E-state index in [4.69, 9.17) is 0 Å². The highest BCUT2D eigenvalue weighted by Gasteiger charge is 2.48. The minimum Gasteiger partial charge on any atom is -0.339 e. The molecule has 0 bridgehead atoms. The lowest BCUT2D eigenvalue weighted by atomic mass is 9.88. The fraction of sp³-hybridized carbons (Fsp3) is 0.640. The second kappa shape index (κ2) is 11.2. The van der Waals surface area contributed by atoms with E-state index in [-0.39, 0.29) is 41.7 Å². The predicted molar refractivity (Wildman–Crippen MR) is 136 cm³/mol. The molecule has 2 aliphatic rings. The molecule has 2 aliphatic carbocycles. The Labute approximate surface area is 232 Å². The Hall–Kier alpha value is -3.85. The standard InChI is InChI=1S/C25H32F4N10O2/c1-4-17(22-33-35-36-38(22)12-25(27,28)29)37-11-16(21(26)34-37)31-24(41)20(19(14-5-6-14)15-7-8-15)32-23(40)18-9-10-30-39(18)13(2)3/h9-11,13-15,17,19-20H,4-8,12H2,1-3H3,(H,31,41)(H,32,40)/t17?,20-/m0/s1. The van der Waals surface area contributed by atoms with Gasteiger partial charge in [-0.25, -0.2) is 4.68 Å². The van der Waals surface area contributed by atoms with Crippen LogP contribution in [0.5, 0.6) is 0 Å². The monoisotopic (exact) mass is 580 g/mol. The van der Waals surface area contributed by atoms with Crippen molar-refractivity contribution in [1.82, 2.24) is 45.1 Å². The van der Waals surface area contributed by atoms with E-state index in [1.165, 1.54) is 12.4 Å². The number of tetrazole rings is 1. The van der Waals surface area contributed by atoms with Crippen LogP contribution in [0.3, 0.4) is 0 Å². The van der Waals surface area contributed by atoms with Gasteiger partial charge in [0.1, 0.15) is 30.0 Å². The van der Waals surface area contributed by atoms with Crippen LogP contribution < -0.4 is 10.6 Å². The molecule has 2 fully saturated rings. The van der Waals surface area contributed by atoms with Crippen molar-refractivity contribution in [2.75, 3.05) is 5.32 Å². The van der Waals surface area contributed by atoms with Gasteiger partial charge in [-0.1, -0.05) is 6.92 Å². The minimum absolute atomic E-state index is 0.0794. The van der Waals surface area contributed by atoms with E-state index in [1.807, 2.05) is 13.8 Å². The molecule has 41 heavy (non-hydrogen) atoms. The van der Waals surface area contributed by atoms with E-state index in [0.717, 1.165) is 30.4 Å². The number of nitrogens with one attached hydrogen (secondary N) is 2.